The first-order chi connectivity index (χ1) is 8.16. The number of benzene rings is 1. The molecule has 3 nitrogen and oxygen atoms in total. The van der Waals surface area contributed by atoms with Crippen molar-refractivity contribution in [3.05, 3.63) is 41.7 Å². The fourth-order valence-electron chi connectivity index (χ4n) is 1.86. The molecule has 1 heterocycles. The molecule has 0 aliphatic carbocycles. The molecule has 1 fully saturated rings. The number of carbonyl (C=O) groups is 1. The van der Waals surface area contributed by atoms with Crippen molar-refractivity contribution in [3.8, 4) is 0 Å². The molecule has 0 bridgehead atoms. The van der Waals surface area contributed by atoms with E-state index in [9.17, 15) is 9.18 Å². The van der Waals surface area contributed by atoms with Gasteiger partial charge in [0.2, 0.25) is 5.91 Å². The minimum Gasteiger partial charge on any atom is -0.338 e. The molecule has 1 saturated heterocycles. The number of hydrogen-bond donors (Lipinski definition) is 1. The van der Waals surface area contributed by atoms with Gasteiger partial charge < -0.3 is 10.6 Å². The second kappa shape index (κ2) is 5.10. The average molecular weight is 234 g/mol. The maximum atomic E-state index is 13.3. The summed E-state index contributed by atoms with van der Waals surface area (Å²) in [4.78, 5) is 13.4. The largest absolute Gasteiger partial charge is 0.338 e. The number of hydrogen-bond acceptors (Lipinski definition) is 2. The SMILES string of the molecule is NC1CCN(C(=O)C=Cc2ccccc2F)C1. The highest BCUT2D eigenvalue weighted by atomic mass is 19.1. The van der Waals surface area contributed by atoms with Crippen molar-refractivity contribution in [1.29, 1.82) is 0 Å². The molecule has 1 amide bonds. The van der Waals surface area contributed by atoms with E-state index in [1.165, 1.54) is 18.2 Å². The highest BCUT2D eigenvalue weighted by Gasteiger charge is 2.21. The fraction of sp³-hybridized carbons (Fsp3) is 0.308. The van der Waals surface area contributed by atoms with Gasteiger partial charge in [0.05, 0.1) is 0 Å². The van der Waals surface area contributed by atoms with Crippen LogP contribution in [0.4, 0.5) is 4.39 Å². The van der Waals surface area contributed by atoms with E-state index < -0.39 is 0 Å². The first-order valence-corrected chi connectivity index (χ1v) is 5.64. The standard InChI is InChI=1S/C13H15FN2O/c14-12-4-2-1-3-10(12)5-6-13(17)16-8-7-11(15)9-16/h1-6,11H,7-9,15H2. The summed E-state index contributed by atoms with van der Waals surface area (Å²) in [5.74, 6) is -0.434. The van der Waals surface area contributed by atoms with E-state index in [1.54, 1.807) is 23.1 Å². The predicted octanol–water partition coefficient (Wildman–Crippen LogP) is 1.40. The summed E-state index contributed by atoms with van der Waals surface area (Å²) in [5.41, 5.74) is 6.14. The molecule has 0 radical (unpaired) electrons. The van der Waals surface area contributed by atoms with Gasteiger partial charge in [-0.1, -0.05) is 18.2 Å². The fourth-order valence-corrected chi connectivity index (χ4v) is 1.86. The molecule has 1 atom stereocenters. The van der Waals surface area contributed by atoms with Crippen molar-refractivity contribution in [3.63, 3.8) is 0 Å². The summed E-state index contributed by atoms with van der Waals surface area (Å²) >= 11 is 0. The first kappa shape index (κ1) is 11.8. The number of rotatable bonds is 2. The maximum absolute atomic E-state index is 13.3. The van der Waals surface area contributed by atoms with Crippen molar-refractivity contribution in [2.45, 2.75) is 12.5 Å². The van der Waals surface area contributed by atoms with Gasteiger partial charge in [-0.3, -0.25) is 4.79 Å². The lowest BCUT2D eigenvalue weighted by atomic mass is 10.2. The lowest BCUT2D eigenvalue weighted by Gasteiger charge is -2.12. The summed E-state index contributed by atoms with van der Waals surface area (Å²) in [6.07, 6.45) is 3.73. The van der Waals surface area contributed by atoms with Crippen LogP contribution >= 0.6 is 0 Å². The van der Waals surface area contributed by atoms with Gasteiger partial charge in [-0.15, -0.1) is 0 Å². The maximum Gasteiger partial charge on any atom is 0.246 e. The van der Waals surface area contributed by atoms with Crippen LogP contribution < -0.4 is 5.73 Å². The molecule has 2 N–H and O–H groups in total. The summed E-state index contributed by atoms with van der Waals surface area (Å²) in [5, 5.41) is 0. The van der Waals surface area contributed by atoms with Crippen molar-refractivity contribution in [2.75, 3.05) is 13.1 Å². The highest BCUT2D eigenvalue weighted by Crippen LogP contribution is 2.11. The molecular formula is C13H15FN2O. The van der Waals surface area contributed by atoms with Gasteiger partial charge in [-0.2, -0.15) is 0 Å². The van der Waals surface area contributed by atoms with Gasteiger partial charge in [0.15, 0.2) is 0 Å². The van der Waals surface area contributed by atoms with Crippen molar-refractivity contribution in [1.82, 2.24) is 4.90 Å². The smallest absolute Gasteiger partial charge is 0.246 e. The Balaban J connectivity index is 2.01. The summed E-state index contributed by atoms with van der Waals surface area (Å²) < 4.78 is 13.3. The molecule has 90 valence electrons. The lowest BCUT2D eigenvalue weighted by molar-refractivity contribution is -0.124. The second-order valence-corrected chi connectivity index (χ2v) is 4.19. The van der Waals surface area contributed by atoms with Crippen LogP contribution in [0.25, 0.3) is 6.08 Å². The van der Waals surface area contributed by atoms with Crippen molar-refractivity contribution < 1.29 is 9.18 Å². The van der Waals surface area contributed by atoms with Gasteiger partial charge in [-0.25, -0.2) is 4.39 Å². The zero-order valence-electron chi connectivity index (χ0n) is 9.47. The third-order valence-electron chi connectivity index (χ3n) is 2.85. The van der Waals surface area contributed by atoms with Crippen LogP contribution in [-0.2, 0) is 4.79 Å². The summed E-state index contributed by atoms with van der Waals surface area (Å²) in [6, 6.07) is 6.43. The van der Waals surface area contributed by atoms with E-state index in [1.807, 2.05) is 0 Å². The minimum absolute atomic E-state index is 0.0702. The third kappa shape index (κ3) is 2.91. The Morgan fingerprint density at radius 3 is 2.88 bits per heavy atom. The molecule has 2 rings (SSSR count). The van der Waals surface area contributed by atoms with Gasteiger partial charge in [0.1, 0.15) is 5.82 Å². The Hall–Kier alpha value is -1.68. The molecular weight excluding hydrogens is 219 g/mol. The number of nitrogens with two attached hydrogens (primary N) is 1. The number of nitrogens with zero attached hydrogens (tertiary/aromatic N) is 1. The van der Waals surface area contributed by atoms with Crippen LogP contribution in [0.3, 0.4) is 0 Å². The number of amides is 1. The number of carbonyl (C=O) groups excluding carboxylic acids is 1. The van der Waals surface area contributed by atoms with Gasteiger partial charge in [0, 0.05) is 30.8 Å². The molecule has 1 unspecified atom stereocenters. The van der Waals surface area contributed by atoms with E-state index in [0.717, 1.165) is 6.42 Å². The molecule has 0 spiro atoms. The molecule has 1 aliphatic heterocycles. The third-order valence-corrected chi connectivity index (χ3v) is 2.85. The Bertz CT molecular complexity index is 445. The average Bonchev–Trinajstić information content (AvgIpc) is 2.74. The normalized spacial score (nSPS) is 20.1. The molecule has 4 heteroatoms. The lowest BCUT2D eigenvalue weighted by Crippen LogP contribution is -2.30. The predicted molar refractivity (Wildman–Crippen MR) is 64.6 cm³/mol. The van der Waals surface area contributed by atoms with E-state index in [4.69, 9.17) is 5.73 Å². The number of halogens is 1. The zero-order chi connectivity index (χ0) is 12.3. The van der Waals surface area contributed by atoms with E-state index in [0.29, 0.717) is 18.7 Å². The molecule has 1 aromatic rings. The summed E-state index contributed by atoms with van der Waals surface area (Å²) in [6.45, 7) is 1.27. The van der Waals surface area contributed by atoms with Crippen molar-refractivity contribution >= 4 is 12.0 Å². The highest BCUT2D eigenvalue weighted by molar-refractivity contribution is 5.92. The Morgan fingerprint density at radius 2 is 2.24 bits per heavy atom. The van der Waals surface area contributed by atoms with Crippen LogP contribution in [0.5, 0.6) is 0 Å². The minimum atomic E-state index is -0.324. The van der Waals surface area contributed by atoms with E-state index in [2.05, 4.69) is 0 Å². The molecule has 1 aliphatic rings. The van der Waals surface area contributed by atoms with Crippen LogP contribution in [0.1, 0.15) is 12.0 Å². The van der Waals surface area contributed by atoms with E-state index in [-0.39, 0.29) is 17.8 Å². The van der Waals surface area contributed by atoms with Crippen LogP contribution in [0.2, 0.25) is 0 Å². The van der Waals surface area contributed by atoms with Gasteiger partial charge >= 0.3 is 0 Å². The molecule has 0 saturated carbocycles. The molecule has 0 aromatic heterocycles. The topological polar surface area (TPSA) is 46.3 Å². The zero-order valence-corrected chi connectivity index (χ0v) is 9.47. The van der Waals surface area contributed by atoms with Crippen molar-refractivity contribution in [2.24, 2.45) is 5.73 Å². The summed E-state index contributed by atoms with van der Waals surface area (Å²) in [7, 11) is 0. The van der Waals surface area contributed by atoms with Crippen LogP contribution in [0.15, 0.2) is 30.3 Å². The molecule has 17 heavy (non-hydrogen) atoms. The van der Waals surface area contributed by atoms with Gasteiger partial charge in [-0.05, 0) is 18.6 Å². The second-order valence-electron chi connectivity index (χ2n) is 4.19. The first-order valence-electron chi connectivity index (χ1n) is 5.64. The molecule has 1 aromatic carbocycles. The monoisotopic (exact) mass is 234 g/mol. The van der Waals surface area contributed by atoms with E-state index >= 15 is 0 Å². The van der Waals surface area contributed by atoms with Gasteiger partial charge in [0.25, 0.3) is 0 Å². The quantitative estimate of drug-likeness (QED) is 0.786. The Kier molecular flexibility index (Phi) is 3.54. The number of likely N-dealkylation sites (tertiary alicyclic amines) is 1. The Morgan fingerprint density at radius 1 is 1.47 bits per heavy atom. The van der Waals surface area contributed by atoms with Crippen LogP contribution in [0, 0.1) is 5.82 Å². The Labute approximate surface area is 99.7 Å². The van der Waals surface area contributed by atoms with Crippen LogP contribution in [-0.4, -0.2) is 29.9 Å².